The van der Waals surface area contributed by atoms with Gasteiger partial charge in [-0.3, -0.25) is 86.9 Å². The number of hydrogen-bond donors (Lipinski definition) is 16. The van der Waals surface area contributed by atoms with Crippen molar-refractivity contribution in [3.05, 3.63) is 126 Å². The number of ketones is 3. The minimum atomic E-state index is -1.84. The Balaban J connectivity index is 1.21. The number of amides is 14. The highest BCUT2D eigenvalue weighted by molar-refractivity contribution is 8.00. The lowest BCUT2D eigenvalue weighted by Crippen LogP contribution is -2.61. The number of amidine groups is 1. The molecule has 38 nitrogen and oxygen atoms in total. The third kappa shape index (κ3) is 32.0. The Labute approximate surface area is 791 Å². The fourth-order valence-corrected chi connectivity index (χ4v) is 18.1. The maximum Gasteiger partial charge on any atom is 0.246 e. The SMILES string of the molecule is CCCC[C@H]1C(=O)N(C)[C@@H](CCCC)C(=O)C[C@@H](CC(C)C)C(=O)N[C@H](C(=O)CCC(N)=O)CSCC(=O)N[C@@H](Cc2ccccc2)C(=O)N(C)[C@@H](C)C(=O)N[C@@H](CC(N)=O)C(=O)N2CCC[C@H]2C(=O)C[C@@H](Cc2cnc[nH]2)C(=O)N[C@@H](CC(C)C)C(=O)N[C@@H](CO)C(=O)N[C@@H](Cc2c[nH]c3ccccc23)C(=O)N[C@@H](CCCCC(=N)N)C(=O)N[C@@H](Cc2c[nH]c3ccccc23)C(=O)N1C. The van der Waals surface area contributed by atoms with E-state index in [0.717, 1.165) is 16.7 Å². The molecule has 6 aromatic rings. The van der Waals surface area contributed by atoms with Crippen LogP contribution in [-0.2, 0) is 107 Å². The first-order chi connectivity index (χ1) is 64.3. The first-order valence-electron chi connectivity index (χ1n) is 46.6. The molecule has 2 aliphatic heterocycles. The van der Waals surface area contributed by atoms with Crippen LogP contribution in [0.4, 0.5) is 0 Å². The van der Waals surface area contributed by atoms with E-state index in [-0.39, 0.29) is 120 Å². The molecule has 2 fully saturated rings. The topological polar surface area (TPSA) is 582 Å². The minimum Gasteiger partial charge on any atom is -0.394 e. The first kappa shape index (κ1) is 108. The van der Waals surface area contributed by atoms with E-state index >= 15 is 33.6 Å². The maximum atomic E-state index is 16.0. The van der Waals surface area contributed by atoms with E-state index in [1.807, 2.05) is 45.9 Å². The molecule has 19 N–H and O–H groups in total. The number of carbonyl (C=O) groups excluding carboxylic acids is 17. The number of nitrogens with two attached hydrogens (primary N) is 3. The monoisotopic (exact) mass is 1890 g/mol. The summed E-state index contributed by atoms with van der Waals surface area (Å²) in [5.74, 6) is -17.8. The number of hydrogen-bond acceptors (Lipinski definition) is 21. The molecule has 0 bridgehead atoms. The predicted molar refractivity (Wildman–Crippen MR) is 508 cm³/mol. The zero-order valence-corrected chi connectivity index (χ0v) is 79.7. The van der Waals surface area contributed by atoms with Crippen molar-refractivity contribution in [1.82, 2.24) is 82.1 Å². The molecule has 0 radical (unpaired) electrons. The van der Waals surface area contributed by atoms with Gasteiger partial charge in [-0.2, -0.15) is 0 Å². The highest BCUT2D eigenvalue weighted by atomic mass is 32.2. The Bertz CT molecular complexity index is 5120. The van der Waals surface area contributed by atoms with Crippen molar-refractivity contribution in [2.75, 3.05) is 45.8 Å². The van der Waals surface area contributed by atoms with Crippen LogP contribution < -0.4 is 59.7 Å². The molecule has 8 rings (SSSR count). The van der Waals surface area contributed by atoms with Crippen LogP contribution in [0.15, 0.2) is 104 Å². The van der Waals surface area contributed by atoms with E-state index in [0.29, 0.717) is 69.9 Å². The summed E-state index contributed by atoms with van der Waals surface area (Å²) in [5.41, 5.74) is 20.5. The number of imidazole rings is 1. The number of nitrogens with one attached hydrogen (secondary N) is 12. The number of primary amides is 2. The lowest BCUT2D eigenvalue weighted by molar-refractivity contribution is -0.149. The smallest absolute Gasteiger partial charge is 0.246 e. The maximum absolute atomic E-state index is 16.0. The molecule has 0 aliphatic carbocycles. The number of carbonyl (C=O) groups is 17. The lowest BCUT2D eigenvalue weighted by Gasteiger charge is -2.36. The number of aliphatic hydroxyl groups excluding tert-OH is 1. The van der Waals surface area contributed by atoms with Gasteiger partial charge in [0.05, 0.1) is 55.0 Å². The number of benzene rings is 3. The van der Waals surface area contributed by atoms with Crippen molar-refractivity contribution in [3.63, 3.8) is 0 Å². The molecular weight excluding hydrogens is 1750 g/mol. The molecule has 39 heteroatoms. The number of aromatic nitrogens is 4. The van der Waals surface area contributed by atoms with Crippen LogP contribution in [0, 0.1) is 29.1 Å². The van der Waals surface area contributed by atoms with E-state index in [4.69, 9.17) is 22.6 Å². The summed E-state index contributed by atoms with van der Waals surface area (Å²) in [4.78, 5) is 269. The van der Waals surface area contributed by atoms with E-state index in [2.05, 4.69) is 62.5 Å². The molecule has 0 unspecified atom stereocenters. The molecule has 14 amide bonds. The second-order valence-electron chi connectivity index (χ2n) is 36.2. The van der Waals surface area contributed by atoms with Crippen molar-refractivity contribution < 1.29 is 86.6 Å². The Morgan fingerprint density at radius 1 is 0.511 bits per heavy atom. The molecule has 3 aromatic heterocycles. The average Bonchev–Trinajstić information content (AvgIpc) is 1.77. The number of aromatic amines is 3. The number of fused-ring (bicyclic) bond motifs is 3. The molecule has 0 spiro atoms. The largest absolute Gasteiger partial charge is 0.394 e. The predicted octanol–water partition coefficient (Wildman–Crippen LogP) is 3.58. The standard InChI is InChI=1S/C96H136N20O18S/c1-11-13-32-76-80(119)45-59(39-55(3)4)87(125)112-75(79(118)36-37-83(99)121)52-135-53-85(123)105-71(41-58-25-16-15-17-26-58)93(131)113(8)57(7)86(124)109-73(47-84(100)122)95(133)116-38-24-34-77(116)81(120)46-60(42-63-50-101-54-104-63)88(126)107-69(40-56(5)6)90(128)111-74(51-117)92(130)108-70(43-61-48-102-66-29-20-18-27-64(61)66)91(129)106-68(31-22-23-35-82(97)98)89(127)110-72(44-62-49-103-67-30-21-19-28-65(62)67)94(132)115(10)78(33-14-12-2)96(134)114(76)9/h15-21,25-30,48-50,54-57,59-60,68-78,102-103,117H,11-14,22-24,31-47,51-53H2,1-10H3,(H3,97,98)(H2,99,121)(H2,100,122)(H,101,104)(H,105,123)(H,106,129)(H,107,126)(H,108,130)(H,109,124)(H,110,127)(H,111,128)(H,112,125)/t57-,59+,60+,68-,69-,70-,71-,72-,73-,74-,75-,76-,77-,78-/m0/s1. The third-order valence-electron chi connectivity index (χ3n) is 24.8. The molecule has 135 heavy (non-hydrogen) atoms. The van der Waals surface area contributed by atoms with Gasteiger partial charge in [0.1, 0.15) is 54.4 Å². The quantitative estimate of drug-likeness (QED) is 0.0174. The Morgan fingerprint density at radius 3 is 1.64 bits per heavy atom. The number of H-pyrrole nitrogens is 3. The summed E-state index contributed by atoms with van der Waals surface area (Å²) in [6, 6.07) is 5.28. The van der Waals surface area contributed by atoms with E-state index < -0.39 is 229 Å². The molecule has 14 atom stereocenters. The van der Waals surface area contributed by atoms with Gasteiger partial charge < -0.3 is 99.4 Å². The van der Waals surface area contributed by atoms with Gasteiger partial charge >= 0.3 is 0 Å². The fourth-order valence-electron chi connectivity index (χ4n) is 17.2. The zero-order valence-electron chi connectivity index (χ0n) is 78.9. The Hall–Kier alpha value is -12.7. The van der Waals surface area contributed by atoms with E-state index in [1.54, 1.807) is 86.9 Å². The highest BCUT2D eigenvalue weighted by Crippen LogP contribution is 2.29. The van der Waals surface area contributed by atoms with Gasteiger partial charge in [0.25, 0.3) is 0 Å². The van der Waals surface area contributed by atoms with Gasteiger partial charge in [-0.15, -0.1) is 11.8 Å². The second kappa shape index (κ2) is 52.8. The van der Waals surface area contributed by atoms with Crippen LogP contribution in [0.2, 0.25) is 0 Å². The molecular formula is C96H136N20O18S. The van der Waals surface area contributed by atoms with Crippen LogP contribution in [-0.4, -0.2) is 269 Å². The number of Topliss-reactive ketones (excluding diaryl/α,β-unsaturated/α-hetero) is 3. The van der Waals surface area contributed by atoms with Gasteiger partial charge in [-0.25, -0.2) is 4.98 Å². The number of para-hydroxylation sites is 2. The Morgan fingerprint density at radius 2 is 1.04 bits per heavy atom. The minimum absolute atomic E-state index is 0.0597. The lowest BCUT2D eigenvalue weighted by atomic mass is 9.88. The summed E-state index contributed by atoms with van der Waals surface area (Å²) in [5, 5.41) is 42.5. The number of unbranched alkanes of at least 4 members (excludes halogenated alkanes) is 3. The van der Waals surface area contributed by atoms with Crippen molar-refractivity contribution >= 4 is 139 Å². The molecule has 5 heterocycles. The van der Waals surface area contributed by atoms with Crippen LogP contribution in [0.5, 0.6) is 0 Å². The van der Waals surface area contributed by atoms with Gasteiger partial charge in [-0.1, -0.05) is 140 Å². The molecule has 3 aromatic carbocycles. The van der Waals surface area contributed by atoms with Crippen molar-refractivity contribution in [3.8, 4) is 0 Å². The zero-order chi connectivity index (χ0) is 98.9. The van der Waals surface area contributed by atoms with Crippen molar-refractivity contribution in [2.45, 2.75) is 269 Å². The summed E-state index contributed by atoms with van der Waals surface area (Å²) in [7, 11) is 4.15. The van der Waals surface area contributed by atoms with Crippen LogP contribution in [0.3, 0.4) is 0 Å². The number of nitrogens with zero attached hydrogens (tertiary/aromatic N) is 5. The highest BCUT2D eigenvalue weighted by Gasteiger charge is 2.44. The number of rotatable bonds is 30. The molecule has 2 aliphatic rings. The van der Waals surface area contributed by atoms with Gasteiger partial charge in [-0.05, 0) is 98.9 Å². The number of likely N-dealkylation sites (N-methyl/N-ethyl adjacent to an activating group) is 3. The molecule has 0 saturated carbocycles. The fraction of sp³-hybridized carbons (Fsp3) is 0.552. The second-order valence-corrected chi connectivity index (χ2v) is 37.3. The van der Waals surface area contributed by atoms with E-state index in [9.17, 15) is 53.1 Å². The van der Waals surface area contributed by atoms with Crippen molar-refractivity contribution in [1.29, 1.82) is 5.41 Å². The van der Waals surface area contributed by atoms with Crippen LogP contribution >= 0.6 is 11.8 Å². The van der Waals surface area contributed by atoms with Gasteiger partial charge in [0, 0.05) is 143 Å². The van der Waals surface area contributed by atoms with Crippen molar-refractivity contribution in [2.24, 2.45) is 40.9 Å². The first-order valence-corrected chi connectivity index (χ1v) is 47.8. The summed E-state index contributed by atoms with van der Waals surface area (Å²) >= 11 is 0.893. The normalized spacial score (nSPS) is 23.9. The average molecular weight is 1890 g/mol. The van der Waals surface area contributed by atoms with Gasteiger partial charge in [0.2, 0.25) is 82.7 Å². The molecule has 2 saturated heterocycles. The third-order valence-corrected chi connectivity index (χ3v) is 25.8. The van der Waals surface area contributed by atoms with E-state index in [1.165, 1.54) is 55.3 Å². The number of aliphatic hydroxyl groups is 1. The number of thioether (sulfide) groups is 1. The van der Waals surface area contributed by atoms with Crippen LogP contribution in [0.25, 0.3) is 21.8 Å². The summed E-state index contributed by atoms with van der Waals surface area (Å²) in [6.07, 6.45) is 5.49. The van der Waals surface area contributed by atoms with Gasteiger partial charge in [0.15, 0.2) is 17.3 Å². The van der Waals surface area contributed by atoms with Crippen LogP contribution in [0.1, 0.15) is 193 Å². The Kier molecular flexibility index (Phi) is 42.1. The summed E-state index contributed by atoms with van der Waals surface area (Å²) < 4.78 is 0. The summed E-state index contributed by atoms with van der Waals surface area (Å²) in [6.45, 7) is 11.2. The molecule has 734 valence electrons.